The molecule has 0 fully saturated rings. The Morgan fingerprint density at radius 3 is 2.22 bits per heavy atom. The molecule has 1 aromatic rings. The number of nitrogens with one attached hydrogen (secondary N) is 1. The molecule has 0 saturated heterocycles. The fraction of sp³-hybridized carbons (Fsp3) is 0.333. The minimum absolute atomic E-state index is 0.0309. The van der Waals surface area contributed by atoms with Gasteiger partial charge in [0.1, 0.15) is 5.78 Å². The van der Waals surface area contributed by atoms with Gasteiger partial charge in [-0.3, -0.25) is 9.59 Å². The maximum absolute atomic E-state index is 11.8. The highest BCUT2D eigenvalue weighted by Gasteiger charge is 2.30. The van der Waals surface area contributed by atoms with Crippen molar-refractivity contribution in [2.75, 3.05) is 0 Å². The first kappa shape index (κ1) is 14.2. The van der Waals surface area contributed by atoms with E-state index in [0.29, 0.717) is 5.57 Å². The molecule has 0 radical (unpaired) electrons. The van der Waals surface area contributed by atoms with Crippen LogP contribution in [0.25, 0.3) is 0 Å². The summed E-state index contributed by atoms with van der Waals surface area (Å²) < 4.78 is 0. The summed E-state index contributed by atoms with van der Waals surface area (Å²) in [6.07, 6.45) is 0.260. The van der Waals surface area contributed by atoms with Crippen LogP contribution in [0.2, 0.25) is 0 Å². The van der Waals surface area contributed by atoms with Crippen molar-refractivity contribution in [3.63, 3.8) is 0 Å². The highest BCUT2D eigenvalue weighted by atomic mass is 16.2. The predicted molar refractivity (Wildman–Crippen MR) is 72.0 cm³/mol. The van der Waals surface area contributed by atoms with Crippen molar-refractivity contribution in [1.29, 1.82) is 0 Å². The maximum Gasteiger partial charge on any atom is 0.247 e. The highest BCUT2D eigenvalue weighted by Crippen LogP contribution is 2.25. The number of carbonyl (C=O) groups excluding carboxylic acids is 2. The normalized spacial score (nSPS) is 13.5. The minimum Gasteiger partial charge on any atom is -0.343 e. The molecule has 96 valence electrons. The Hall–Kier alpha value is -1.90. The van der Waals surface area contributed by atoms with E-state index < -0.39 is 5.54 Å². The van der Waals surface area contributed by atoms with E-state index in [0.717, 1.165) is 5.56 Å². The first-order valence-corrected chi connectivity index (χ1v) is 5.88. The molecule has 0 bridgehead atoms. The van der Waals surface area contributed by atoms with Gasteiger partial charge in [0.15, 0.2) is 0 Å². The quantitative estimate of drug-likeness (QED) is 0.810. The van der Waals surface area contributed by atoms with Gasteiger partial charge in [-0.25, -0.2) is 0 Å². The molecule has 1 unspecified atom stereocenters. The average Bonchev–Trinajstić information content (AvgIpc) is 2.28. The van der Waals surface area contributed by atoms with Gasteiger partial charge in [0, 0.05) is 12.0 Å². The Labute approximate surface area is 108 Å². The molecule has 3 heteroatoms. The second-order valence-electron chi connectivity index (χ2n) is 4.81. The summed E-state index contributed by atoms with van der Waals surface area (Å²) in [5.74, 6) is -0.203. The molecule has 0 aromatic heterocycles. The molecule has 0 heterocycles. The fourth-order valence-corrected chi connectivity index (χ4v) is 1.88. The van der Waals surface area contributed by atoms with E-state index in [1.807, 2.05) is 37.3 Å². The first-order chi connectivity index (χ1) is 8.35. The van der Waals surface area contributed by atoms with Crippen molar-refractivity contribution in [1.82, 2.24) is 5.32 Å². The SMILES string of the molecule is C=C(C)C(=O)NC(C)(CC(C)=O)c1ccccc1. The summed E-state index contributed by atoms with van der Waals surface area (Å²) in [5, 5.41) is 2.88. The summed E-state index contributed by atoms with van der Waals surface area (Å²) >= 11 is 0. The van der Waals surface area contributed by atoms with Crippen LogP contribution in [0.4, 0.5) is 0 Å². The molecule has 0 aliphatic heterocycles. The number of hydrogen-bond acceptors (Lipinski definition) is 2. The van der Waals surface area contributed by atoms with Crippen LogP contribution < -0.4 is 5.32 Å². The number of ketones is 1. The van der Waals surface area contributed by atoms with E-state index in [1.165, 1.54) is 6.92 Å². The van der Waals surface area contributed by atoms with Crippen molar-refractivity contribution in [2.24, 2.45) is 0 Å². The lowest BCUT2D eigenvalue weighted by atomic mass is 9.87. The molecule has 1 amide bonds. The molecule has 18 heavy (non-hydrogen) atoms. The molecule has 1 rings (SSSR count). The van der Waals surface area contributed by atoms with Gasteiger partial charge in [0.05, 0.1) is 5.54 Å². The van der Waals surface area contributed by atoms with Crippen LogP contribution in [0.3, 0.4) is 0 Å². The van der Waals surface area contributed by atoms with Crippen molar-refractivity contribution in [3.05, 3.63) is 48.0 Å². The lowest BCUT2D eigenvalue weighted by Gasteiger charge is -2.30. The van der Waals surface area contributed by atoms with Crippen LogP contribution >= 0.6 is 0 Å². The third-order valence-corrected chi connectivity index (χ3v) is 2.79. The van der Waals surface area contributed by atoms with E-state index in [1.54, 1.807) is 6.92 Å². The van der Waals surface area contributed by atoms with E-state index in [2.05, 4.69) is 11.9 Å². The summed E-state index contributed by atoms with van der Waals surface area (Å²) in [4.78, 5) is 23.2. The Morgan fingerprint density at radius 1 is 1.22 bits per heavy atom. The molecule has 1 aromatic carbocycles. The average molecular weight is 245 g/mol. The van der Waals surface area contributed by atoms with Crippen LogP contribution in [-0.4, -0.2) is 11.7 Å². The molecular formula is C15H19NO2. The Kier molecular flexibility index (Phi) is 4.43. The second kappa shape index (κ2) is 5.63. The second-order valence-corrected chi connectivity index (χ2v) is 4.81. The monoisotopic (exact) mass is 245 g/mol. The molecule has 3 nitrogen and oxygen atoms in total. The molecule has 0 aliphatic carbocycles. The van der Waals surface area contributed by atoms with Gasteiger partial charge in [-0.1, -0.05) is 36.9 Å². The summed E-state index contributed by atoms with van der Waals surface area (Å²) in [6, 6.07) is 9.49. The van der Waals surface area contributed by atoms with E-state index in [4.69, 9.17) is 0 Å². The van der Waals surface area contributed by atoms with Crippen LogP contribution in [-0.2, 0) is 15.1 Å². The van der Waals surface area contributed by atoms with Crippen molar-refractivity contribution < 1.29 is 9.59 Å². The smallest absolute Gasteiger partial charge is 0.247 e. The van der Waals surface area contributed by atoms with Gasteiger partial charge < -0.3 is 5.32 Å². The number of benzene rings is 1. The standard InChI is InChI=1S/C15H19NO2/c1-11(2)14(18)16-15(4,10-12(3)17)13-8-6-5-7-9-13/h5-9H,1,10H2,2-4H3,(H,16,18). The van der Waals surface area contributed by atoms with Crippen molar-refractivity contribution >= 4 is 11.7 Å². The highest BCUT2D eigenvalue weighted by molar-refractivity contribution is 5.93. The van der Waals surface area contributed by atoms with Crippen LogP contribution in [0, 0.1) is 0 Å². The summed E-state index contributed by atoms with van der Waals surface area (Å²) in [6.45, 7) is 8.64. The topological polar surface area (TPSA) is 46.2 Å². The zero-order valence-corrected chi connectivity index (χ0v) is 11.1. The number of rotatable bonds is 5. The van der Waals surface area contributed by atoms with E-state index in [9.17, 15) is 9.59 Å². The summed E-state index contributed by atoms with van der Waals surface area (Å²) in [7, 11) is 0. The van der Waals surface area contributed by atoms with Gasteiger partial charge in [-0.15, -0.1) is 0 Å². The van der Waals surface area contributed by atoms with Crippen molar-refractivity contribution in [3.8, 4) is 0 Å². The van der Waals surface area contributed by atoms with E-state index in [-0.39, 0.29) is 18.1 Å². The molecule has 1 N–H and O–H groups in total. The Balaban J connectivity index is 3.07. The predicted octanol–water partition coefficient (Wildman–Crippen LogP) is 2.57. The largest absolute Gasteiger partial charge is 0.343 e. The molecule has 1 atom stereocenters. The van der Waals surface area contributed by atoms with Gasteiger partial charge in [0.2, 0.25) is 5.91 Å². The van der Waals surface area contributed by atoms with Crippen LogP contribution in [0.15, 0.2) is 42.5 Å². The third kappa shape index (κ3) is 3.55. The first-order valence-electron chi connectivity index (χ1n) is 5.88. The maximum atomic E-state index is 11.8. The number of hydrogen-bond donors (Lipinski definition) is 1. The molecule has 0 spiro atoms. The van der Waals surface area contributed by atoms with Gasteiger partial charge in [0.25, 0.3) is 0 Å². The van der Waals surface area contributed by atoms with Crippen molar-refractivity contribution in [2.45, 2.75) is 32.7 Å². The zero-order valence-electron chi connectivity index (χ0n) is 11.1. The fourth-order valence-electron chi connectivity index (χ4n) is 1.88. The third-order valence-electron chi connectivity index (χ3n) is 2.79. The Morgan fingerprint density at radius 2 is 1.78 bits per heavy atom. The lowest BCUT2D eigenvalue weighted by molar-refractivity contribution is -0.121. The zero-order chi connectivity index (χ0) is 13.8. The number of carbonyl (C=O) groups is 2. The van der Waals surface area contributed by atoms with Crippen LogP contribution in [0.1, 0.15) is 32.8 Å². The van der Waals surface area contributed by atoms with Gasteiger partial charge in [-0.2, -0.15) is 0 Å². The lowest BCUT2D eigenvalue weighted by Crippen LogP contribution is -2.45. The minimum atomic E-state index is -0.691. The van der Waals surface area contributed by atoms with Gasteiger partial charge in [-0.05, 0) is 26.3 Å². The number of Topliss-reactive ketones (excluding diaryl/α,β-unsaturated/α-hetero) is 1. The van der Waals surface area contributed by atoms with Crippen LogP contribution in [0.5, 0.6) is 0 Å². The molecule has 0 aliphatic rings. The molecular weight excluding hydrogens is 226 g/mol. The number of amides is 1. The molecule has 0 saturated carbocycles. The summed E-state index contributed by atoms with van der Waals surface area (Å²) in [5.41, 5.74) is 0.652. The van der Waals surface area contributed by atoms with E-state index >= 15 is 0 Å². The Bertz CT molecular complexity index is 465. The van der Waals surface area contributed by atoms with Gasteiger partial charge >= 0.3 is 0 Å².